The van der Waals surface area contributed by atoms with Crippen LogP contribution in [0.4, 0.5) is 22.0 Å². The molecule has 0 unspecified atom stereocenters. The van der Waals surface area contributed by atoms with E-state index >= 15 is 0 Å². The third kappa shape index (κ3) is 4.68. The van der Waals surface area contributed by atoms with E-state index in [0.717, 1.165) is 0 Å². The summed E-state index contributed by atoms with van der Waals surface area (Å²) in [5.41, 5.74) is 2.46. The van der Waals surface area contributed by atoms with Crippen LogP contribution in [0.5, 0.6) is 0 Å². The van der Waals surface area contributed by atoms with Crippen molar-refractivity contribution in [2.75, 3.05) is 33.4 Å². The smallest absolute Gasteiger partial charge is 0.0935 e. The molecule has 0 atom stereocenters. The molecule has 0 aliphatic heterocycles. The summed E-state index contributed by atoms with van der Waals surface area (Å²) in [4.78, 5) is 0. The Labute approximate surface area is 122 Å². The molecule has 1 aromatic carbocycles. The number of alkyl halides is 5. The zero-order valence-corrected chi connectivity index (χ0v) is 12.0. The SMILES string of the molecule is FCCc1[c]c(CCF)c(CCF)c(CCF)c1CCF. The molecule has 0 spiro atoms. The quantitative estimate of drug-likeness (QED) is 0.572. The van der Waals surface area contributed by atoms with Crippen LogP contribution in [-0.2, 0) is 32.1 Å². The van der Waals surface area contributed by atoms with Gasteiger partial charge in [-0.3, -0.25) is 22.0 Å². The molecule has 0 aliphatic rings. The summed E-state index contributed by atoms with van der Waals surface area (Å²) in [6, 6.07) is 2.92. The predicted octanol–water partition coefficient (Wildman–Crippen LogP) is 4.05. The Kier molecular flexibility index (Phi) is 8.31. The summed E-state index contributed by atoms with van der Waals surface area (Å²) in [5.74, 6) is 0. The van der Waals surface area contributed by atoms with Gasteiger partial charge in [-0.05, 0) is 33.9 Å². The molecule has 1 rings (SSSR count). The van der Waals surface area contributed by atoms with Crippen molar-refractivity contribution in [2.24, 2.45) is 0 Å². The summed E-state index contributed by atoms with van der Waals surface area (Å²) in [6.07, 6.45) is 0.123. The van der Waals surface area contributed by atoms with Gasteiger partial charge in [-0.1, -0.05) is 0 Å². The first-order valence-electron chi connectivity index (χ1n) is 7.10. The molecule has 1 radical (unpaired) electrons. The highest BCUT2D eigenvalue weighted by atomic mass is 19.1. The molecular weight excluding hydrogens is 287 g/mol. The van der Waals surface area contributed by atoms with Crippen LogP contribution in [0.1, 0.15) is 27.8 Å². The maximum atomic E-state index is 12.8. The number of rotatable bonds is 10. The van der Waals surface area contributed by atoms with E-state index in [0.29, 0.717) is 27.8 Å². The molecule has 1 aromatic rings. The van der Waals surface area contributed by atoms with Crippen molar-refractivity contribution in [3.8, 4) is 0 Å². The van der Waals surface area contributed by atoms with E-state index in [-0.39, 0.29) is 32.1 Å². The Bertz CT molecular complexity index is 397. The molecule has 0 nitrogen and oxygen atoms in total. The maximum Gasteiger partial charge on any atom is 0.0935 e. The second kappa shape index (κ2) is 9.74. The topological polar surface area (TPSA) is 0 Å². The second-order valence-corrected chi connectivity index (χ2v) is 4.71. The minimum Gasteiger partial charge on any atom is -0.251 e. The van der Waals surface area contributed by atoms with Gasteiger partial charge in [0.15, 0.2) is 0 Å². The molecular formula is C16H20F5. The van der Waals surface area contributed by atoms with Crippen LogP contribution >= 0.6 is 0 Å². The van der Waals surface area contributed by atoms with Gasteiger partial charge in [0.25, 0.3) is 0 Å². The average molecular weight is 307 g/mol. The number of halogens is 5. The summed E-state index contributed by atoms with van der Waals surface area (Å²) in [7, 11) is 0. The molecule has 0 saturated carbocycles. The average Bonchev–Trinajstić information content (AvgIpc) is 2.47. The van der Waals surface area contributed by atoms with Gasteiger partial charge in [0.1, 0.15) is 0 Å². The zero-order valence-electron chi connectivity index (χ0n) is 12.0. The molecule has 0 heterocycles. The molecule has 0 N–H and O–H groups in total. The first-order chi connectivity index (χ1) is 10.2. The summed E-state index contributed by atoms with van der Waals surface area (Å²) in [5, 5.41) is 0. The molecule has 0 saturated heterocycles. The van der Waals surface area contributed by atoms with Gasteiger partial charge in [0, 0.05) is 32.1 Å². The lowest BCUT2D eigenvalue weighted by Gasteiger charge is -2.20. The Morgan fingerprint density at radius 2 is 0.810 bits per heavy atom. The fraction of sp³-hybridized carbons (Fsp3) is 0.625. The van der Waals surface area contributed by atoms with Gasteiger partial charge in [0.2, 0.25) is 0 Å². The van der Waals surface area contributed by atoms with Crippen molar-refractivity contribution in [3.05, 3.63) is 33.9 Å². The number of benzene rings is 1. The first kappa shape index (κ1) is 17.9. The van der Waals surface area contributed by atoms with Gasteiger partial charge in [-0.15, -0.1) is 0 Å². The molecule has 0 aromatic heterocycles. The third-order valence-corrected chi connectivity index (χ3v) is 3.48. The molecule has 0 fully saturated rings. The van der Waals surface area contributed by atoms with Crippen LogP contribution in [0.25, 0.3) is 0 Å². The van der Waals surface area contributed by atoms with Crippen molar-refractivity contribution in [1.29, 1.82) is 0 Å². The van der Waals surface area contributed by atoms with E-state index < -0.39 is 33.4 Å². The van der Waals surface area contributed by atoms with Crippen LogP contribution in [0.2, 0.25) is 0 Å². The van der Waals surface area contributed by atoms with E-state index in [1.807, 2.05) is 0 Å². The van der Waals surface area contributed by atoms with Crippen LogP contribution in [-0.4, -0.2) is 33.4 Å². The number of hydrogen-bond donors (Lipinski definition) is 0. The Hall–Kier alpha value is -1.13. The number of hydrogen-bond acceptors (Lipinski definition) is 0. The van der Waals surface area contributed by atoms with Crippen molar-refractivity contribution in [1.82, 2.24) is 0 Å². The summed E-state index contributed by atoms with van der Waals surface area (Å²) in [6.45, 7) is -3.30. The molecule has 119 valence electrons. The highest BCUT2D eigenvalue weighted by Crippen LogP contribution is 2.27. The third-order valence-electron chi connectivity index (χ3n) is 3.48. The van der Waals surface area contributed by atoms with Gasteiger partial charge in [-0.25, -0.2) is 0 Å². The fourth-order valence-electron chi connectivity index (χ4n) is 2.68. The molecule has 0 amide bonds. The zero-order chi connectivity index (χ0) is 15.7. The normalized spacial score (nSPS) is 11.1. The predicted molar refractivity (Wildman–Crippen MR) is 73.7 cm³/mol. The lowest BCUT2D eigenvalue weighted by atomic mass is 9.85. The Morgan fingerprint density at radius 1 is 0.476 bits per heavy atom. The monoisotopic (exact) mass is 307 g/mol. The van der Waals surface area contributed by atoms with Gasteiger partial charge < -0.3 is 0 Å². The van der Waals surface area contributed by atoms with Gasteiger partial charge in [0.05, 0.1) is 33.4 Å². The van der Waals surface area contributed by atoms with Crippen LogP contribution in [0, 0.1) is 6.07 Å². The number of aryl methyl sites for hydroxylation is 2. The van der Waals surface area contributed by atoms with Gasteiger partial charge in [-0.2, -0.15) is 0 Å². The van der Waals surface area contributed by atoms with Gasteiger partial charge >= 0.3 is 0 Å². The lowest BCUT2D eigenvalue weighted by molar-refractivity contribution is 0.466. The van der Waals surface area contributed by atoms with E-state index in [1.165, 1.54) is 0 Å². The van der Waals surface area contributed by atoms with Crippen molar-refractivity contribution in [3.63, 3.8) is 0 Å². The first-order valence-corrected chi connectivity index (χ1v) is 7.10. The minimum absolute atomic E-state index is 0.0118. The van der Waals surface area contributed by atoms with Crippen LogP contribution < -0.4 is 0 Å². The molecule has 0 aliphatic carbocycles. The minimum atomic E-state index is -0.674. The van der Waals surface area contributed by atoms with Crippen molar-refractivity contribution < 1.29 is 22.0 Å². The fourth-order valence-corrected chi connectivity index (χ4v) is 2.68. The molecule has 0 bridgehead atoms. The lowest BCUT2D eigenvalue weighted by Crippen LogP contribution is -2.12. The highest BCUT2D eigenvalue weighted by Gasteiger charge is 2.18. The second-order valence-electron chi connectivity index (χ2n) is 4.71. The van der Waals surface area contributed by atoms with E-state index in [9.17, 15) is 22.0 Å². The van der Waals surface area contributed by atoms with E-state index in [4.69, 9.17) is 0 Å². The van der Waals surface area contributed by atoms with Crippen LogP contribution in [0.3, 0.4) is 0 Å². The Morgan fingerprint density at radius 3 is 1.14 bits per heavy atom. The maximum absolute atomic E-state index is 12.8. The highest BCUT2D eigenvalue weighted by molar-refractivity contribution is 5.46. The summed E-state index contributed by atoms with van der Waals surface area (Å²) >= 11 is 0. The largest absolute Gasteiger partial charge is 0.251 e. The van der Waals surface area contributed by atoms with Crippen LogP contribution in [0.15, 0.2) is 0 Å². The van der Waals surface area contributed by atoms with E-state index in [2.05, 4.69) is 6.07 Å². The van der Waals surface area contributed by atoms with E-state index in [1.54, 1.807) is 0 Å². The Balaban J connectivity index is 3.44. The van der Waals surface area contributed by atoms with Crippen molar-refractivity contribution >= 4 is 0 Å². The van der Waals surface area contributed by atoms with Crippen molar-refractivity contribution in [2.45, 2.75) is 32.1 Å². The molecule has 21 heavy (non-hydrogen) atoms. The molecule has 5 heteroatoms. The summed E-state index contributed by atoms with van der Waals surface area (Å²) < 4.78 is 63.6. The standard InChI is InChI=1S/C16H20F5/c17-6-1-12-11-13(2-7-18)15(4-9-20)16(5-10-21)14(12)3-8-19/h1-10H2.